The molecule has 0 spiro atoms. The molecular formula is C56H65N7O9. The van der Waals surface area contributed by atoms with Gasteiger partial charge >= 0.3 is 6.09 Å². The Hall–Kier alpha value is -7.98. The molecule has 6 amide bonds. The van der Waals surface area contributed by atoms with Gasteiger partial charge in [-0.15, -0.1) is 0 Å². The van der Waals surface area contributed by atoms with E-state index >= 15 is 0 Å². The molecule has 0 saturated carbocycles. The van der Waals surface area contributed by atoms with E-state index in [0.717, 1.165) is 33.2 Å². The Morgan fingerprint density at radius 1 is 0.514 bits per heavy atom. The summed E-state index contributed by atoms with van der Waals surface area (Å²) in [7, 11) is 0. The number of ether oxygens (including phenoxy) is 3. The lowest BCUT2D eigenvalue weighted by molar-refractivity contribution is -0.135. The van der Waals surface area contributed by atoms with E-state index in [2.05, 4.69) is 36.9 Å². The molecule has 378 valence electrons. The molecule has 0 aliphatic heterocycles. The second-order valence-corrected chi connectivity index (χ2v) is 17.9. The average Bonchev–Trinajstić information content (AvgIpc) is 3.80. The number of hydrogen-bond acceptors (Lipinski definition) is 9. The summed E-state index contributed by atoms with van der Waals surface area (Å²) in [5, 5.41) is 17.4. The van der Waals surface area contributed by atoms with Gasteiger partial charge in [0, 0.05) is 36.5 Å². The monoisotopic (exact) mass is 979 g/mol. The summed E-state index contributed by atoms with van der Waals surface area (Å²) >= 11 is 0. The molecule has 0 fully saturated rings. The molecule has 0 aliphatic rings. The molecule has 6 aromatic rings. The van der Waals surface area contributed by atoms with Crippen LogP contribution in [0.5, 0.6) is 5.75 Å². The van der Waals surface area contributed by atoms with Crippen molar-refractivity contribution in [1.82, 2.24) is 36.9 Å². The first kappa shape index (κ1) is 53.4. The Balaban J connectivity index is 1.24. The van der Waals surface area contributed by atoms with E-state index in [0.29, 0.717) is 30.9 Å². The van der Waals surface area contributed by atoms with Gasteiger partial charge in [0.25, 0.3) is 0 Å². The maximum absolute atomic E-state index is 14.7. The van der Waals surface area contributed by atoms with Crippen LogP contribution in [0.25, 0.3) is 10.9 Å². The molecule has 0 radical (unpaired) electrons. The summed E-state index contributed by atoms with van der Waals surface area (Å²) in [6.45, 7) is 7.56. The number of para-hydroxylation sites is 1. The van der Waals surface area contributed by atoms with Crippen LogP contribution in [0.3, 0.4) is 0 Å². The number of aromatic amines is 1. The number of carbonyl (C=O) groups is 6. The lowest BCUT2D eigenvalue weighted by atomic mass is 10.0. The Bertz CT molecular complexity index is 2680. The van der Waals surface area contributed by atoms with Crippen LogP contribution in [0.4, 0.5) is 4.79 Å². The fourth-order valence-corrected chi connectivity index (χ4v) is 7.82. The largest absolute Gasteiger partial charge is 0.489 e. The Morgan fingerprint density at radius 2 is 1.06 bits per heavy atom. The van der Waals surface area contributed by atoms with Crippen molar-refractivity contribution in [2.24, 2.45) is 5.92 Å². The SMILES string of the molecule is CCNC(=O)[C@@H](CC(C)C)NC(=O)[C@@H](C)NC(=O)[C@H](Cc1ccc(OCc2ccccc2)cc1)NC(=O)[C@H](COCc1ccccc1)NC(=O)[C@H](Cc1c[nH]c2ccccc12)NC(=O)OCc1ccccc1. The zero-order valence-electron chi connectivity index (χ0n) is 41.2. The quantitative estimate of drug-likeness (QED) is 0.0330. The minimum absolute atomic E-state index is 0.0175. The van der Waals surface area contributed by atoms with Crippen molar-refractivity contribution in [3.05, 3.63) is 174 Å². The molecule has 16 heteroatoms. The number of carbonyl (C=O) groups excluding carboxylic acids is 6. The van der Waals surface area contributed by atoms with Crippen LogP contribution in [0.15, 0.2) is 146 Å². The van der Waals surface area contributed by atoms with Crippen molar-refractivity contribution in [1.29, 1.82) is 0 Å². The van der Waals surface area contributed by atoms with Gasteiger partial charge in [-0.3, -0.25) is 24.0 Å². The van der Waals surface area contributed by atoms with Crippen LogP contribution in [0, 0.1) is 5.92 Å². The maximum Gasteiger partial charge on any atom is 0.408 e. The summed E-state index contributed by atoms with van der Waals surface area (Å²) in [6.07, 6.45) is 1.25. The number of nitrogens with one attached hydrogen (secondary N) is 7. The Morgan fingerprint density at radius 3 is 1.69 bits per heavy atom. The van der Waals surface area contributed by atoms with Crippen LogP contribution in [-0.4, -0.2) is 84.0 Å². The molecule has 72 heavy (non-hydrogen) atoms. The van der Waals surface area contributed by atoms with E-state index in [4.69, 9.17) is 14.2 Å². The molecule has 1 heterocycles. The topological polar surface area (TPSA) is 218 Å². The third-order valence-electron chi connectivity index (χ3n) is 11.6. The Labute approximate surface area is 420 Å². The van der Waals surface area contributed by atoms with Gasteiger partial charge in [-0.05, 0) is 72.2 Å². The molecule has 5 aromatic carbocycles. The number of benzene rings is 5. The molecule has 0 bridgehead atoms. The third kappa shape index (κ3) is 16.9. The highest BCUT2D eigenvalue weighted by Gasteiger charge is 2.33. The molecule has 7 N–H and O–H groups in total. The van der Waals surface area contributed by atoms with Crippen LogP contribution in [-0.2, 0) is 66.1 Å². The zero-order chi connectivity index (χ0) is 51.2. The van der Waals surface area contributed by atoms with Crippen molar-refractivity contribution >= 4 is 46.5 Å². The first-order chi connectivity index (χ1) is 34.8. The van der Waals surface area contributed by atoms with E-state index in [1.807, 2.05) is 117 Å². The molecule has 0 unspecified atom stereocenters. The predicted octanol–water partition coefficient (Wildman–Crippen LogP) is 6.19. The lowest BCUT2D eigenvalue weighted by Gasteiger charge is -2.27. The molecule has 0 saturated heterocycles. The van der Waals surface area contributed by atoms with Crippen LogP contribution in [0.1, 0.15) is 61.9 Å². The highest BCUT2D eigenvalue weighted by atomic mass is 16.5. The third-order valence-corrected chi connectivity index (χ3v) is 11.6. The van der Waals surface area contributed by atoms with Gasteiger partial charge < -0.3 is 51.1 Å². The second kappa shape index (κ2) is 27.4. The van der Waals surface area contributed by atoms with Gasteiger partial charge in [0.15, 0.2) is 0 Å². The van der Waals surface area contributed by atoms with Crippen molar-refractivity contribution in [2.75, 3.05) is 13.2 Å². The minimum atomic E-state index is -1.40. The van der Waals surface area contributed by atoms with E-state index in [1.54, 1.807) is 49.5 Å². The van der Waals surface area contributed by atoms with E-state index in [1.165, 1.54) is 6.92 Å². The summed E-state index contributed by atoms with van der Waals surface area (Å²) in [5.41, 5.74) is 4.74. The summed E-state index contributed by atoms with van der Waals surface area (Å²) < 4.78 is 17.6. The number of aromatic nitrogens is 1. The van der Waals surface area contributed by atoms with Crippen molar-refractivity contribution in [2.45, 2.75) is 97.0 Å². The van der Waals surface area contributed by atoms with E-state index < -0.39 is 59.9 Å². The highest BCUT2D eigenvalue weighted by molar-refractivity contribution is 5.96. The average molecular weight is 980 g/mol. The number of hydrogen-bond donors (Lipinski definition) is 7. The van der Waals surface area contributed by atoms with Crippen LogP contribution < -0.4 is 36.6 Å². The summed E-state index contributed by atoms with van der Waals surface area (Å²) in [4.78, 5) is 86.6. The number of H-pyrrole nitrogens is 1. The minimum Gasteiger partial charge on any atom is -0.489 e. The van der Waals surface area contributed by atoms with Gasteiger partial charge in [-0.1, -0.05) is 135 Å². The van der Waals surface area contributed by atoms with Gasteiger partial charge in [0.05, 0.1) is 13.2 Å². The number of rotatable bonds is 26. The van der Waals surface area contributed by atoms with Crippen molar-refractivity contribution < 1.29 is 43.0 Å². The molecule has 5 atom stereocenters. The maximum atomic E-state index is 14.7. The van der Waals surface area contributed by atoms with Crippen molar-refractivity contribution in [3.8, 4) is 5.75 Å². The fraction of sp³-hybridized carbons (Fsp3) is 0.321. The molecule has 0 aliphatic carbocycles. The molecule has 16 nitrogen and oxygen atoms in total. The van der Waals surface area contributed by atoms with Crippen molar-refractivity contribution in [3.63, 3.8) is 0 Å². The standard InChI is InChI=1S/C56H65N7O9/c1-5-57-52(65)47(29-37(2)3)60-51(64)38(4)59-53(66)48(30-39-25-27-44(28-26-39)71-34-41-19-11-7-12-20-41)61-55(68)50(36-70-33-40-17-9-6-10-18-40)62-54(67)49(31-43-32-58-46-24-16-15-23-45(43)46)63-56(69)72-35-42-21-13-8-14-22-42/h6-28,32,37-38,47-50,58H,5,29-31,33-36H2,1-4H3,(H,57,65)(H,59,66)(H,60,64)(H,61,68)(H,62,67)(H,63,69)/t38-,47-,48+,49+,50+/m1/s1. The van der Waals surface area contributed by atoms with Gasteiger partial charge in [0.1, 0.15) is 49.2 Å². The Kier molecular flexibility index (Phi) is 20.3. The number of likely N-dealkylation sites (N-methyl/N-ethyl adjacent to an activating group) is 1. The molecule has 6 rings (SSSR count). The molecule has 1 aromatic heterocycles. The highest BCUT2D eigenvalue weighted by Crippen LogP contribution is 2.20. The van der Waals surface area contributed by atoms with E-state index in [-0.39, 0.29) is 44.5 Å². The number of alkyl carbamates (subject to hydrolysis) is 1. The van der Waals surface area contributed by atoms with Gasteiger partial charge in [-0.2, -0.15) is 0 Å². The molecular weight excluding hydrogens is 915 g/mol. The number of amides is 6. The first-order valence-electron chi connectivity index (χ1n) is 24.2. The summed E-state index contributed by atoms with van der Waals surface area (Å²) in [5.74, 6) is -2.48. The smallest absolute Gasteiger partial charge is 0.408 e. The predicted molar refractivity (Wildman–Crippen MR) is 274 cm³/mol. The number of fused-ring (bicyclic) bond motifs is 1. The first-order valence-corrected chi connectivity index (χ1v) is 24.2. The second-order valence-electron chi connectivity index (χ2n) is 17.9. The van der Waals surface area contributed by atoms with Gasteiger partial charge in [0.2, 0.25) is 29.5 Å². The van der Waals surface area contributed by atoms with Gasteiger partial charge in [-0.25, -0.2) is 4.79 Å². The summed E-state index contributed by atoms with van der Waals surface area (Å²) in [6, 6.07) is 36.7. The zero-order valence-corrected chi connectivity index (χ0v) is 41.2. The lowest BCUT2D eigenvalue weighted by Crippen LogP contribution is -2.60. The van der Waals surface area contributed by atoms with E-state index in [9.17, 15) is 28.8 Å². The van der Waals surface area contributed by atoms with Crippen LogP contribution in [0.2, 0.25) is 0 Å². The van der Waals surface area contributed by atoms with Crippen LogP contribution >= 0.6 is 0 Å². The fourth-order valence-electron chi connectivity index (χ4n) is 7.82. The normalized spacial score (nSPS) is 13.1.